The van der Waals surface area contributed by atoms with Crippen LogP contribution in [0.15, 0.2) is 109 Å². The van der Waals surface area contributed by atoms with Crippen molar-refractivity contribution in [2.45, 2.75) is 20.8 Å². The fraction of sp³-hybridized carbons (Fsp3) is 0.143. The van der Waals surface area contributed by atoms with Crippen LogP contribution in [-0.4, -0.2) is 0 Å². The molecule has 0 aliphatic heterocycles. The number of allylic oxidation sites excluding steroid dienone is 13. The Bertz CT molecular complexity index is 616. The molecule has 22 heavy (non-hydrogen) atoms. The van der Waals surface area contributed by atoms with Crippen LogP contribution in [0.1, 0.15) is 20.8 Å². The Labute approximate surface area is 134 Å². The minimum absolute atomic E-state index is 0.304. The maximum absolute atomic E-state index is 14.3. The van der Waals surface area contributed by atoms with Crippen molar-refractivity contribution in [3.63, 3.8) is 0 Å². The van der Waals surface area contributed by atoms with Crippen molar-refractivity contribution in [3.8, 4) is 0 Å². The minimum atomic E-state index is -0.436. The van der Waals surface area contributed by atoms with Crippen molar-refractivity contribution in [1.29, 1.82) is 0 Å². The molecule has 116 valence electrons. The molecule has 0 radical (unpaired) electrons. The van der Waals surface area contributed by atoms with Crippen LogP contribution in [0.25, 0.3) is 0 Å². The average Bonchev–Trinajstić information content (AvgIpc) is 2.44. The van der Waals surface area contributed by atoms with E-state index in [1.165, 1.54) is 6.08 Å². The van der Waals surface area contributed by atoms with Crippen LogP contribution in [0.4, 0.5) is 4.39 Å². The van der Waals surface area contributed by atoms with Crippen LogP contribution in [0.5, 0.6) is 0 Å². The Morgan fingerprint density at radius 1 is 0.773 bits per heavy atom. The first-order valence-corrected chi connectivity index (χ1v) is 6.97. The number of halogens is 1. The molecule has 0 heterocycles. The highest BCUT2D eigenvalue weighted by molar-refractivity contribution is 5.53. The van der Waals surface area contributed by atoms with Gasteiger partial charge in [-0.2, -0.15) is 0 Å². The molecule has 0 amide bonds. The summed E-state index contributed by atoms with van der Waals surface area (Å²) in [5.74, 6) is -0.436. The summed E-state index contributed by atoms with van der Waals surface area (Å²) in [5.41, 5.74) is 3.91. The van der Waals surface area contributed by atoms with E-state index >= 15 is 0 Å². The van der Waals surface area contributed by atoms with Crippen LogP contribution in [0, 0.1) is 0 Å². The fourth-order valence-electron chi connectivity index (χ4n) is 1.42. The first-order valence-electron chi connectivity index (χ1n) is 6.97. The van der Waals surface area contributed by atoms with Crippen molar-refractivity contribution in [1.82, 2.24) is 0 Å². The third kappa shape index (κ3) is 7.39. The Morgan fingerprint density at radius 2 is 1.27 bits per heavy atom. The summed E-state index contributed by atoms with van der Waals surface area (Å²) in [6.45, 7) is 24.6. The van der Waals surface area contributed by atoms with Gasteiger partial charge in [0.1, 0.15) is 5.83 Å². The predicted octanol–water partition coefficient (Wildman–Crippen LogP) is 6.72. The van der Waals surface area contributed by atoms with Crippen LogP contribution in [0.3, 0.4) is 0 Å². The average molecular weight is 296 g/mol. The van der Waals surface area contributed by atoms with Gasteiger partial charge >= 0.3 is 0 Å². The van der Waals surface area contributed by atoms with Crippen LogP contribution < -0.4 is 0 Å². The smallest absolute Gasteiger partial charge is 0.131 e. The van der Waals surface area contributed by atoms with E-state index in [1.807, 2.05) is 26.8 Å². The fourth-order valence-corrected chi connectivity index (χ4v) is 1.42. The lowest BCUT2D eigenvalue weighted by atomic mass is 10.0. The summed E-state index contributed by atoms with van der Waals surface area (Å²) in [6, 6.07) is 0. The van der Waals surface area contributed by atoms with Gasteiger partial charge in [0.15, 0.2) is 0 Å². The monoisotopic (exact) mass is 296 g/mol. The molecule has 0 spiro atoms. The van der Waals surface area contributed by atoms with Gasteiger partial charge in [0.2, 0.25) is 0 Å². The highest BCUT2D eigenvalue weighted by Gasteiger charge is 2.06. The van der Waals surface area contributed by atoms with E-state index in [4.69, 9.17) is 0 Å². The molecule has 0 atom stereocenters. The van der Waals surface area contributed by atoms with E-state index in [0.29, 0.717) is 22.3 Å². The van der Waals surface area contributed by atoms with Crippen LogP contribution in [0.2, 0.25) is 0 Å². The van der Waals surface area contributed by atoms with Crippen molar-refractivity contribution in [2.75, 3.05) is 0 Å². The molecule has 0 aromatic carbocycles. The van der Waals surface area contributed by atoms with E-state index < -0.39 is 5.83 Å². The molecule has 0 rings (SSSR count). The normalized spacial score (nSPS) is 12.7. The van der Waals surface area contributed by atoms with Gasteiger partial charge in [0.05, 0.1) is 0 Å². The summed E-state index contributed by atoms with van der Waals surface area (Å²) < 4.78 is 14.3. The molecule has 0 fully saturated rings. The predicted molar refractivity (Wildman–Crippen MR) is 98.3 cm³/mol. The van der Waals surface area contributed by atoms with E-state index in [-0.39, 0.29) is 0 Å². The Balaban J connectivity index is 5.15. The molecule has 0 bridgehead atoms. The van der Waals surface area contributed by atoms with Crippen molar-refractivity contribution < 1.29 is 4.39 Å². The second-order valence-electron chi connectivity index (χ2n) is 5.12. The van der Waals surface area contributed by atoms with Crippen molar-refractivity contribution in [3.05, 3.63) is 109 Å². The summed E-state index contributed by atoms with van der Waals surface area (Å²) in [6.07, 6.45) is 10.3. The third-order valence-electron chi connectivity index (χ3n) is 2.78. The molecule has 0 aliphatic rings. The molecule has 0 aromatic rings. The van der Waals surface area contributed by atoms with Gasteiger partial charge in [-0.15, -0.1) is 0 Å². The van der Waals surface area contributed by atoms with Crippen LogP contribution >= 0.6 is 0 Å². The maximum atomic E-state index is 14.3. The molecule has 0 nitrogen and oxygen atoms in total. The van der Waals surface area contributed by atoms with Gasteiger partial charge in [-0.25, -0.2) is 4.39 Å². The lowest BCUT2D eigenvalue weighted by Gasteiger charge is -2.06. The van der Waals surface area contributed by atoms with Gasteiger partial charge in [-0.3, -0.25) is 0 Å². The van der Waals surface area contributed by atoms with E-state index in [2.05, 4.69) is 32.9 Å². The third-order valence-corrected chi connectivity index (χ3v) is 2.78. The first kappa shape index (κ1) is 19.6. The highest BCUT2D eigenvalue weighted by atomic mass is 19.1. The van der Waals surface area contributed by atoms with E-state index in [0.717, 1.165) is 11.1 Å². The first-order chi connectivity index (χ1) is 10.2. The summed E-state index contributed by atoms with van der Waals surface area (Å²) >= 11 is 0. The number of rotatable bonds is 8. The Kier molecular flexibility index (Phi) is 8.47. The van der Waals surface area contributed by atoms with Crippen molar-refractivity contribution >= 4 is 0 Å². The lowest BCUT2D eigenvalue weighted by Crippen LogP contribution is -1.89. The molecular formula is C21H25F. The topological polar surface area (TPSA) is 0 Å². The summed E-state index contributed by atoms with van der Waals surface area (Å²) in [4.78, 5) is 0. The Morgan fingerprint density at radius 3 is 1.73 bits per heavy atom. The highest BCUT2D eigenvalue weighted by Crippen LogP contribution is 2.23. The van der Waals surface area contributed by atoms with E-state index in [9.17, 15) is 4.39 Å². The summed E-state index contributed by atoms with van der Waals surface area (Å²) in [7, 11) is 0. The Hall–Kier alpha value is -2.41. The van der Waals surface area contributed by atoms with Gasteiger partial charge in [0.25, 0.3) is 0 Å². The van der Waals surface area contributed by atoms with Gasteiger partial charge in [0, 0.05) is 5.57 Å². The molecular weight excluding hydrogens is 271 g/mol. The lowest BCUT2D eigenvalue weighted by molar-refractivity contribution is 0.655. The van der Waals surface area contributed by atoms with Gasteiger partial charge in [-0.1, -0.05) is 74.4 Å². The molecule has 0 N–H and O–H groups in total. The second-order valence-corrected chi connectivity index (χ2v) is 5.12. The zero-order valence-corrected chi connectivity index (χ0v) is 13.9. The van der Waals surface area contributed by atoms with Gasteiger partial charge in [-0.05, 0) is 43.6 Å². The standard InChI is InChI=1S/C21H25F/c1-9-20(13-11-16(4)5)19(8)21(22)14-18(7)17(6)12-10-15(2)3/h9-14H,2,4,6-8H2,1,3,5H3/b12-10-,13-11-,20-9+,21-14+. The molecule has 0 saturated carbocycles. The molecule has 0 aromatic heterocycles. The summed E-state index contributed by atoms with van der Waals surface area (Å²) in [5, 5.41) is 0. The number of hydrogen-bond acceptors (Lipinski definition) is 0. The quantitative estimate of drug-likeness (QED) is 0.436. The molecule has 0 unspecified atom stereocenters. The molecule has 0 aliphatic carbocycles. The largest absolute Gasteiger partial charge is 0.206 e. The zero-order valence-electron chi connectivity index (χ0n) is 13.9. The SMILES string of the molecule is C=C(C)/C=C\C(=C)C(=C)/C=C(/F)C(=C)C(/C=C\C(=C)C)=C/C. The van der Waals surface area contributed by atoms with Crippen molar-refractivity contribution in [2.24, 2.45) is 0 Å². The zero-order chi connectivity index (χ0) is 17.3. The second kappa shape index (κ2) is 9.51. The van der Waals surface area contributed by atoms with Crippen LogP contribution in [-0.2, 0) is 0 Å². The van der Waals surface area contributed by atoms with Gasteiger partial charge < -0.3 is 0 Å². The maximum Gasteiger partial charge on any atom is 0.131 e. The molecule has 0 saturated heterocycles. The van der Waals surface area contributed by atoms with E-state index in [1.54, 1.807) is 24.3 Å². The minimum Gasteiger partial charge on any atom is -0.206 e. The number of hydrogen-bond donors (Lipinski definition) is 0. The molecule has 1 heteroatoms.